The fourth-order valence-corrected chi connectivity index (χ4v) is 8.64. The monoisotopic (exact) mass is 599 g/mol. The van der Waals surface area contributed by atoms with E-state index in [1.54, 1.807) is 24.3 Å². The standard InChI is InChI=1S/C28H36F3N3O4S2/c1-27(36,28(29,30)31)19-9-11-20(12-10-19)33-14-13-32(40(37,38)26-8-3-2-7-25(26)39)17-23(33)18-34-21-5-4-6-22(34)16-24(35)15-21/h2-3,8-12,21-24,35-36H,4-7,13-18H2,1H3/t21?,22?,23-,24?,27?/m1/s1. The van der Waals surface area contributed by atoms with Crippen molar-refractivity contribution in [3.8, 4) is 0 Å². The molecule has 12 heteroatoms. The average molecular weight is 600 g/mol. The van der Waals surface area contributed by atoms with Gasteiger partial charge >= 0.3 is 6.18 Å². The topological polar surface area (TPSA) is 84.3 Å². The Labute approximate surface area is 239 Å². The van der Waals surface area contributed by atoms with Crippen molar-refractivity contribution in [2.75, 3.05) is 31.1 Å². The number of nitrogens with zero attached hydrogens (tertiary/aromatic N) is 3. The number of anilines is 1. The van der Waals surface area contributed by atoms with E-state index in [2.05, 4.69) is 9.80 Å². The lowest BCUT2D eigenvalue weighted by Crippen LogP contribution is -2.62. The van der Waals surface area contributed by atoms with Crippen LogP contribution in [0.3, 0.4) is 0 Å². The van der Waals surface area contributed by atoms with Crippen LogP contribution in [0.4, 0.5) is 18.9 Å². The highest BCUT2D eigenvalue weighted by molar-refractivity contribution is 7.96. The van der Waals surface area contributed by atoms with Gasteiger partial charge in [0.2, 0.25) is 10.0 Å². The number of fused-ring (bicyclic) bond motifs is 2. The van der Waals surface area contributed by atoms with Crippen LogP contribution >= 0.6 is 12.2 Å². The van der Waals surface area contributed by atoms with Gasteiger partial charge in [-0.2, -0.15) is 17.5 Å². The van der Waals surface area contributed by atoms with Gasteiger partial charge in [0, 0.05) is 55.2 Å². The Morgan fingerprint density at radius 1 is 1.07 bits per heavy atom. The summed E-state index contributed by atoms with van der Waals surface area (Å²) in [5, 5.41) is 20.5. The largest absolute Gasteiger partial charge is 0.421 e. The fourth-order valence-electron chi connectivity index (χ4n) is 6.57. The minimum Gasteiger partial charge on any atom is -0.393 e. The van der Waals surface area contributed by atoms with Crippen molar-refractivity contribution in [2.45, 2.75) is 81.5 Å². The van der Waals surface area contributed by atoms with E-state index in [-0.39, 0.29) is 47.8 Å². The highest BCUT2D eigenvalue weighted by Crippen LogP contribution is 2.40. The van der Waals surface area contributed by atoms with E-state index in [0.717, 1.165) is 26.2 Å². The van der Waals surface area contributed by atoms with E-state index in [1.165, 1.54) is 16.4 Å². The number of piperidine rings is 2. The molecular weight excluding hydrogens is 563 g/mol. The van der Waals surface area contributed by atoms with Gasteiger partial charge < -0.3 is 15.1 Å². The number of aliphatic hydroxyl groups is 2. The zero-order chi connectivity index (χ0) is 28.9. The van der Waals surface area contributed by atoms with Crippen LogP contribution in [0.25, 0.3) is 0 Å². The third kappa shape index (κ3) is 5.63. The van der Waals surface area contributed by atoms with E-state index in [1.807, 2.05) is 6.08 Å². The molecule has 3 unspecified atom stereocenters. The first kappa shape index (κ1) is 29.7. The summed E-state index contributed by atoms with van der Waals surface area (Å²) >= 11 is 5.37. The number of alkyl halides is 3. The lowest BCUT2D eigenvalue weighted by atomic mass is 9.82. The number of hydrogen-bond acceptors (Lipinski definition) is 7. The van der Waals surface area contributed by atoms with E-state index in [4.69, 9.17) is 12.2 Å². The van der Waals surface area contributed by atoms with Gasteiger partial charge in [-0.25, -0.2) is 8.42 Å². The second kappa shape index (κ2) is 11.1. The van der Waals surface area contributed by atoms with Gasteiger partial charge in [-0.3, -0.25) is 4.90 Å². The molecule has 1 aromatic carbocycles. The third-order valence-electron chi connectivity index (χ3n) is 8.86. The molecule has 7 nitrogen and oxygen atoms in total. The van der Waals surface area contributed by atoms with Crippen molar-refractivity contribution in [3.63, 3.8) is 0 Å². The van der Waals surface area contributed by atoms with Crippen LogP contribution in [0.2, 0.25) is 0 Å². The minimum absolute atomic E-state index is 0.147. The van der Waals surface area contributed by atoms with E-state index in [0.29, 0.717) is 42.9 Å². The van der Waals surface area contributed by atoms with Crippen molar-refractivity contribution >= 4 is 32.8 Å². The normalized spacial score (nSPS) is 30.2. The molecule has 40 heavy (non-hydrogen) atoms. The molecule has 0 spiro atoms. The Hall–Kier alpha value is -1.83. The Kier molecular flexibility index (Phi) is 8.23. The molecule has 0 saturated carbocycles. The number of rotatable bonds is 6. The van der Waals surface area contributed by atoms with Crippen LogP contribution in [-0.2, 0) is 15.6 Å². The molecule has 2 bridgehead atoms. The van der Waals surface area contributed by atoms with Gasteiger partial charge in [-0.15, -0.1) is 0 Å². The minimum atomic E-state index is -4.82. The number of hydrogen-bond donors (Lipinski definition) is 2. The molecule has 4 aliphatic rings. The summed E-state index contributed by atoms with van der Waals surface area (Å²) in [5.74, 6) is 0. The Balaban J connectivity index is 1.44. The predicted octanol–water partition coefficient (Wildman–Crippen LogP) is 3.87. The first-order valence-corrected chi connectivity index (χ1v) is 15.6. The van der Waals surface area contributed by atoms with E-state index in [9.17, 15) is 31.8 Å². The first-order chi connectivity index (χ1) is 18.8. The molecule has 220 valence electrons. The summed E-state index contributed by atoms with van der Waals surface area (Å²) in [5.41, 5.74) is -2.57. The SMILES string of the molecule is CC(O)(c1ccc(N2CCN(S(=O)(=O)C3=CC=CCC3=S)C[C@@H]2CN2C3CCCC2CC(O)C3)cc1)C(F)(F)F. The molecule has 4 atom stereocenters. The van der Waals surface area contributed by atoms with Crippen LogP contribution in [0.5, 0.6) is 0 Å². The first-order valence-electron chi connectivity index (χ1n) is 13.8. The molecule has 1 aliphatic carbocycles. The zero-order valence-corrected chi connectivity index (χ0v) is 24.1. The molecule has 3 aliphatic heterocycles. The van der Waals surface area contributed by atoms with Gasteiger partial charge in [-0.05, 0) is 56.4 Å². The lowest BCUT2D eigenvalue weighted by Gasteiger charge is -2.51. The maximum absolute atomic E-state index is 13.7. The fraction of sp³-hybridized carbons (Fsp3) is 0.607. The molecule has 3 heterocycles. The molecular formula is C28H36F3N3O4S2. The van der Waals surface area contributed by atoms with E-state index < -0.39 is 21.8 Å². The summed E-state index contributed by atoms with van der Waals surface area (Å²) in [6.45, 7) is 2.06. The molecule has 0 amide bonds. The number of benzene rings is 1. The highest BCUT2D eigenvalue weighted by atomic mass is 32.2. The van der Waals surface area contributed by atoms with Gasteiger partial charge in [0.15, 0.2) is 5.60 Å². The third-order valence-corrected chi connectivity index (χ3v) is 11.3. The Bertz CT molecular complexity index is 1270. The maximum atomic E-state index is 13.7. The Morgan fingerprint density at radius 2 is 1.73 bits per heavy atom. The Morgan fingerprint density at radius 3 is 2.33 bits per heavy atom. The smallest absolute Gasteiger partial charge is 0.393 e. The number of sulfonamides is 1. The molecule has 3 fully saturated rings. The number of thiocarbonyl (C=S) groups is 1. The van der Waals surface area contributed by atoms with Crippen molar-refractivity contribution in [1.29, 1.82) is 0 Å². The number of allylic oxidation sites excluding steroid dienone is 4. The number of aliphatic hydroxyl groups excluding tert-OH is 1. The van der Waals surface area contributed by atoms with Crippen molar-refractivity contribution in [3.05, 3.63) is 53.0 Å². The maximum Gasteiger partial charge on any atom is 0.421 e. The van der Waals surface area contributed by atoms with Crippen molar-refractivity contribution < 1.29 is 31.8 Å². The van der Waals surface area contributed by atoms with Crippen molar-refractivity contribution in [1.82, 2.24) is 9.21 Å². The predicted molar refractivity (Wildman–Crippen MR) is 152 cm³/mol. The summed E-state index contributed by atoms with van der Waals surface area (Å²) in [6.07, 6.45) is 4.70. The molecule has 3 saturated heterocycles. The van der Waals surface area contributed by atoms with Gasteiger partial charge in [0.1, 0.15) is 0 Å². The molecule has 2 N–H and O–H groups in total. The molecule has 0 radical (unpaired) electrons. The summed E-state index contributed by atoms with van der Waals surface area (Å²) in [4.78, 5) is 4.99. The second-order valence-electron chi connectivity index (χ2n) is 11.5. The second-order valence-corrected chi connectivity index (χ2v) is 13.9. The molecule has 0 aromatic heterocycles. The average Bonchev–Trinajstić information content (AvgIpc) is 2.89. The van der Waals surface area contributed by atoms with E-state index >= 15 is 0 Å². The number of piperazine rings is 1. The zero-order valence-electron chi connectivity index (χ0n) is 22.4. The molecule has 1 aromatic rings. The lowest BCUT2D eigenvalue weighted by molar-refractivity contribution is -0.258. The van der Waals surface area contributed by atoms with Crippen LogP contribution in [0.15, 0.2) is 47.4 Å². The van der Waals surface area contributed by atoms with Crippen LogP contribution in [-0.4, -0.2) is 89.3 Å². The number of halogens is 3. The highest BCUT2D eigenvalue weighted by Gasteiger charge is 2.51. The summed E-state index contributed by atoms with van der Waals surface area (Å²) < 4.78 is 69.0. The van der Waals surface area contributed by atoms with Gasteiger partial charge in [0.05, 0.1) is 17.1 Å². The molecule has 5 rings (SSSR count). The summed E-state index contributed by atoms with van der Waals surface area (Å²) in [6, 6.07) is 5.84. The van der Waals surface area contributed by atoms with Crippen LogP contribution in [0, 0.1) is 0 Å². The van der Waals surface area contributed by atoms with Gasteiger partial charge in [0.25, 0.3) is 0 Å². The van der Waals surface area contributed by atoms with Gasteiger partial charge in [-0.1, -0.05) is 42.9 Å². The van der Waals surface area contributed by atoms with Crippen molar-refractivity contribution in [2.24, 2.45) is 0 Å². The van der Waals surface area contributed by atoms with Crippen LogP contribution < -0.4 is 4.90 Å². The summed E-state index contributed by atoms with van der Waals surface area (Å²) in [7, 11) is -3.82. The quantitative estimate of drug-likeness (QED) is 0.481. The van der Waals surface area contributed by atoms with Crippen LogP contribution in [0.1, 0.15) is 51.0 Å².